The lowest BCUT2D eigenvalue weighted by Crippen LogP contribution is -2.25. The van der Waals surface area contributed by atoms with Crippen LogP contribution in [0.25, 0.3) is 0 Å². The molecule has 1 N–H and O–H groups in total. The van der Waals surface area contributed by atoms with Gasteiger partial charge in [-0.25, -0.2) is 9.97 Å². The number of carbonyl (C=O) groups is 1. The van der Waals surface area contributed by atoms with E-state index >= 15 is 0 Å². The first kappa shape index (κ1) is 16.7. The molecule has 0 spiro atoms. The SMILES string of the molecule is COc1ccc(CC(=O)NCc2ccnc(N(C)C)n2)cc1C. The highest BCUT2D eigenvalue weighted by Crippen LogP contribution is 2.18. The third kappa shape index (κ3) is 4.67. The van der Waals surface area contributed by atoms with Crippen molar-refractivity contribution in [3.63, 3.8) is 0 Å². The van der Waals surface area contributed by atoms with Gasteiger partial charge in [-0.3, -0.25) is 4.79 Å². The van der Waals surface area contributed by atoms with Crippen LogP contribution in [-0.2, 0) is 17.8 Å². The smallest absolute Gasteiger partial charge is 0.225 e. The first-order valence-electron chi connectivity index (χ1n) is 7.39. The van der Waals surface area contributed by atoms with Crippen molar-refractivity contribution in [1.82, 2.24) is 15.3 Å². The zero-order valence-electron chi connectivity index (χ0n) is 14.0. The standard InChI is InChI=1S/C17H22N4O2/c1-12-9-13(5-6-15(12)23-4)10-16(22)19-11-14-7-8-18-17(20-14)21(2)3/h5-9H,10-11H2,1-4H3,(H,19,22). The van der Waals surface area contributed by atoms with Crippen molar-refractivity contribution in [3.8, 4) is 5.75 Å². The molecule has 1 aromatic heterocycles. The highest BCUT2D eigenvalue weighted by molar-refractivity contribution is 5.78. The Balaban J connectivity index is 1.92. The minimum Gasteiger partial charge on any atom is -0.496 e. The molecule has 0 unspecified atom stereocenters. The fourth-order valence-electron chi connectivity index (χ4n) is 2.19. The van der Waals surface area contributed by atoms with Gasteiger partial charge in [0.25, 0.3) is 0 Å². The summed E-state index contributed by atoms with van der Waals surface area (Å²) in [6.07, 6.45) is 2.02. The van der Waals surface area contributed by atoms with Crippen LogP contribution in [0.1, 0.15) is 16.8 Å². The number of benzene rings is 1. The third-order valence-corrected chi connectivity index (χ3v) is 3.39. The summed E-state index contributed by atoms with van der Waals surface area (Å²) in [6.45, 7) is 2.35. The molecule has 23 heavy (non-hydrogen) atoms. The molecule has 2 rings (SSSR count). The molecule has 0 saturated heterocycles. The van der Waals surface area contributed by atoms with Crippen molar-refractivity contribution in [2.45, 2.75) is 19.9 Å². The predicted molar refractivity (Wildman–Crippen MR) is 89.6 cm³/mol. The fourth-order valence-corrected chi connectivity index (χ4v) is 2.19. The number of methoxy groups -OCH3 is 1. The Kier molecular flexibility index (Phi) is 5.51. The van der Waals surface area contributed by atoms with E-state index in [1.807, 2.05) is 44.1 Å². The van der Waals surface area contributed by atoms with E-state index in [2.05, 4.69) is 15.3 Å². The second kappa shape index (κ2) is 7.58. The lowest BCUT2D eigenvalue weighted by Gasteiger charge is -2.11. The number of ether oxygens (including phenoxy) is 1. The van der Waals surface area contributed by atoms with E-state index < -0.39 is 0 Å². The van der Waals surface area contributed by atoms with E-state index in [9.17, 15) is 4.79 Å². The number of nitrogens with one attached hydrogen (secondary N) is 1. The van der Waals surface area contributed by atoms with Crippen molar-refractivity contribution in [3.05, 3.63) is 47.3 Å². The first-order valence-corrected chi connectivity index (χ1v) is 7.39. The number of hydrogen-bond acceptors (Lipinski definition) is 5. The number of aromatic nitrogens is 2. The van der Waals surface area contributed by atoms with Gasteiger partial charge in [0.2, 0.25) is 11.9 Å². The van der Waals surface area contributed by atoms with Crippen LogP contribution in [0.4, 0.5) is 5.95 Å². The average Bonchev–Trinajstić information content (AvgIpc) is 2.53. The quantitative estimate of drug-likeness (QED) is 0.879. The van der Waals surface area contributed by atoms with Gasteiger partial charge >= 0.3 is 0 Å². The highest BCUT2D eigenvalue weighted by Gasteiger charge is 2.07. The van der Waals surface area contributed by atoms with Crippen LogP contribution >= 0.6 is 0 Å². The summed E-state index contributed by atoms with van der Waals surface area (Å²) in [5.74, 6) is 1.41. The molecule has 6 heteroatoms. The zero-order valence-corrected chi connectivity index (χ0v) is 14.0. The Bertz CT molecular complexity index is 686. The predicted octanol–water partition coefficient (Wildman–Crippen LogP) is 1.72. The average molecular weight is 314 g/mol. The number of carbonyl (C=O) groups excluding carboxylic acids is 1. The maximum Gasteiger partial charge on any atom is 0.225 e. The summed E-state index contributed by atoms with van der Waals surface area (Å²) in [5.41, 5.74) is 2.75. The van der Waals surface area contributed by atoms with Gasteiger partial charge in [-0.05, 0) is 30.2 Å². The van der Waals surface area contributed by atoms with E-state index in [0.717, 1.165) is 22.6 Å². The Hall–Kier alpha value is -2.63. The molecule has 1 aromatic carbocycles. The maximum absolute atomic E-state index is 12.1. The van der Waals surface area contributed by atoms with E-state index in [1.165, 1.54) is 0 Å². The van der Waals surface area contributed by atoms with Crippen molar-refractivity contribution < 1.29 is 9.53 Å². The van der Waals surface area contributed by atoms with Gasteiger partial charge in [0.15, 0.2) is 0 Å². The molecular weight excluding hydrogens is 292 g/mol. The fraction of sp³-hybridized carbons (Fsp3) is 0.353. The van der Waals surface area contributed by atoms with Gasteiger partial charge in [0, 0.05) is 20.3 Å². The van der Waals surface area contributed by atoms with Crippen molar-refractivity contribution >= 4 is 11.9 Å². The Morgan fingerprint density at radius 2 is 2.09 bits per heavy atom. The van der Waals surface area contributed by atoms with Gasteiger partial charge < -0.3 is 15.0 Å². The second-order valence-electron chi connectivity index (χ2n) is 5.50. The molecule has 0 atom stereocenters. The van der Waals surface area contributed by atoms with Gasteiger partial charge in [0.05, 0.1) is 25.8 Å². The summed E-state index contributed by atoms with van der Waals surface area (Å²) in [6, 6.07) is 7.55. The summed E-state index contributed by atoms with van der Waals surface area (Å²) >= 11 is 0. The van der Waals surface area contributed by atoms with Crippen molar-refractivity contribution in [2.24, 2.45) is 0 Å². The normalized spacial score (nSPS) is 10.3. The van der Waals surface area contributed by atoms with Gasteiger partial charge in [-0.2, -0.15) is 0 Å². The van der Waals surface area contributed by atoms with Crippen LogP contribution in [-0.4, -0.2) is 37.1 Å². The zero-order chi connectivity index (χ0) is 16.8. The van der Waals surface area contributed by atoms with Crippen LogP contribution in [0.15, 0.2) is 30.5 Å². The Morgan fingerprint density at radius 3 is 2.74 bits per heavy atom. The summed E-state index contributed by atoms with van der Waals surface area (Å²) in [7, 11) is 5.39. The van der Waals surface area contributed by atoms with Gasteiger partial charge in [-0.1, -0.05) is 12.1 Å². The Morgan fingerprint density at radius 1 is 1.30 bits per heavy atom. The number of nitrogens with zero attached hydrogens (tertiary/aromatic N) is 3. The number of rotatable bonds is 6. The molecule has 0 fully saturated rings. The van der Waals surface area contributed by atoms with Gasteiger partial charge in [0.1, 0.15) is 5.75 Å². The molecule has 1 heterocycles. The summed E-state index contributed by atoms with van der Waals surface area (Å²) in [5, 5.41) is 2.88. The van der Waals surface area contributed by atoms with E-state index in [4.69, 9.17) is 4.74 Å². The minimum absolute atomic E-state index is 0.0421. The van der Waals surface area contributed by atoms with Crippen molar-refractivity contribution in [2.75, 3.05) is 26.1 Å². The molecule has 1 amide bonds. The van der Waals surface area contributed by atoms with Crippen LogP contribution < -0.4 is 15.0 Å². The minimum atomic E-state index is -0.0421. The van der Waals surface area contributed by atoms with Crippen LogP contribution in [0, 0.1) is 6.92 Å². The highest BCUT2D eigenvalue weighted by atomic mass is 16.5. The van der Waals surface area contributed by atoms with Crippen LogP contribution in [0.5, 0.6) is 5.75 Å². The molecule has 0 aliphatic carbocycles. The number of aryl methyl sites for hydroxylation is 1. The van der Waals surface area contributed by atoms with Crippen LogP contribution in [0.2, 0.25) is 0 Å². The number of amides is 1. The first-order chi connectivity index (χ1) is 11.0. The lowest BCUT2D eigenvalue weighted by molar-refractivity contribution is -0.120. The number of hydrogen-bond donors (Lipinski definition) is 1. The Labute approximate surface area is 136 Å². The topological polar surface area (TPSA) is 67.3 Å². The monoisotopic (exact) mass is 314 g/mol. The molecule has 2 aromatic rings. The van der Waals surface area contributed by atoms with Gasteiger partial charge in [-0.15, -0.1) is 0 Å². The lowest BCUT2D eigenvalue weighted by atomic mass is 10.1. The molecule has 0 bridgehead atoms. The molecule has 0 radical (unpaired) electrons. The largest absolute Gasteiger partial charge is 0.496 e. The van der Waals surface area contributed by atoms with Crippen molar-refractivity contribution in [1.29, 1.82) is 0 Å². The number of anilines is 1. The van der Waals surface area contributed by atoms with E-state index in [0.29, 0.717) is 18.9 Å². The molecule has 122 valence electrons. The van der Waals surface area contributed by atoms with E-state index in [1.54, 1.807) is 19.4 Å². The third-order valence-electron chi connectivity index (χ3n) is 3.39. The van der Waals surface area contributed by atoms with E-state index in [-0.39, 0.29) is 5.91 Å². The molecular formula is C17H22N4O2. The maximum atomic E-state index is 12.1. The summed E-state index contributed by atoms with van der Waals surface area (Å²) in [4.78, 5) is 22.4. The molecule has 0 saturated carbocycles. The molecule has 0 aliphatic rings. The molecule has 0 aliphatic heterocycles. The summed E-state index contributed by atoms with van der Waals surface area (Å²) < 4.78 is 5.22. The molecule has 6 nitrogen and oxygen atoms in total. The van der Waals surface area contributed by atoms with Crippen LogP contribution in [0.3, 0.4) is 0 Å². The second-order valence-corrected chi connectivity index (χ2v) is 5.50.